The highest BCUT2D eigenvalue weighted by atomic mass is 32.1. The van der Waals surface area contributed by atoms with Gasteiger partial charge in [-0.15, -0.1) is 0 Å². The lowest BCUT2D eigenvalue weighted by molar-refractivity contribution is 0.414. The van der Waals surface area contributed by atoms with E-state index in [2.05, 4.69) is 10.6 Å². The molecule has 1 aromatic heterocycles. The number of rotatable bonds is 6. The third-order valence-electron chi connectivity index (χ3n) is 3.85. The highest BCUT2D eigenvalue weighted by molar-refractivity contribution is 7.80. The summed E-state index contributed by atoms with van der Waals surface area (Å²) >= 11 is 5.46. The van der Waals surface area contributed by atoms with E-state index in [-0.39, 0.29) is 6.04 Å². The van der Waals surface area contributed by atoms with E-state index < -0.39 is 0 Å². The standard InChI is InChI=1S/C20H20N2O2S/c1-23-17-11-9-15(10-12-17)14-21-20(25)22-19(18-8-5-13-24-18)16-6-3-2-4-7-16/h2-13,19H,14H2,1H3,(H2,21,22,25)/t19-/m0/s1. The quantitative estimate of drug-likeness (QED) is 0.656. The molecule has 128 valence electrons. The number of hydrogen-bond donors (Lipinski definition) is 2. The van der Waals surface area contributed by atoms with E-state index in [1.54, 1.807) is 13.4 Å². The minimum Gasteiger partial charge on any atom is -0.497 e. The van der Waals surface area contributed by atoms with E-state index in [1.807, 2.05) is 66.7 Å². The number of hydrogen-bond acceptors (Lipinski definition) is 3. The normalized spacial score (nSPS) is 11.6. The molecule has 0 bridgehead atoms. The molecule has 3 aromatic rings. The molecule has 0 saturated carbocycles. The fourth-order valence-electron chi connectivity index (χ4n) is 2.53. The molecule has 25 heavy (non-hydrogen) atoms. The molecule has 0 fully saturated rings. The summed E-state index contributed by atoms with van der Waals surface area (Å²) in [6, 6.07) is 21.7. The van der Waals surface area contributed by atoms with Crippen molar-refractivity contribution in [3.05, 3.63) is 89.9 Å². The Morgan fingerprint density at radius 3 is 2.44 bits per heavy atom. The summed E-state index contributed by atoms with van der Waals surface area (Å²) in [5.74, 6) is 1.66. The van der Waals surface area contributed by atoms with E-state index >= 15 is 0 Å². The molecule has 3 rings (SSSR count). The average Bonchev–Trinajstić information content (AvgIpc) is 3.20. The molecular formula is C20H20N2O2S. The van der Waals surface area contributed by atoms with Crippen LogP contribution in [-0.4, -0.2) is 12.2 Å². The molecule has 0 spiro atoms. The lowest BCUT2D eigenvalue weighted by Crippen LogP contribution is -2.37. The molecule has 2 aromatic carbocycles. The van der Waals surface area contributed by atoms with Crippen molar-refractivity contribution in [1.82, 2.24) is 10.6 Å². The Bertz CT molecular complexity index is 786. The van der Waals surface area contributed by atoms with Crippen LogP contribution in [0.15, 0.2) is 77.4 Å². The maximum absolute atomic E-state index is 5.58. The summed E-state index contributed by atoms with van der Waals surface area (Å²) in [4.78, 5) is 0. The van der Waals surface area contributed by atoms with Crippen LogP contribution in [0.25, 0.3) is 0 Å². The molecule has 0 aliphatic rings. The first kappa shape index (κ1) is 17.0. The second-order valence-corrected chi connectivity index (χ2v) is 5.94. The molecule has 0 aliphatic heterocycles. The summed E-state index contributed by atoms with van der Waals surface area (Å²) in [5, 5.41) is 7.14. The number of ether oxygens (including phenoxy) is 1. The monoisotopic (exact) mass is 352 g/mol. The molecule has 1 heterocycles. The topological polar surface area (TPSA) is 46.4 Å². The van der Waals surface area contributed by atoms with Crippen LogP contribution >= 0.6 is 12.2 Å². The van der Waals surface area contributed by atoms with Gasteiger partial charge in [0.15, 0.2) is 5.11 Å². The largest absolute Gasteiger partial charge is 0.497 e. The fourth-order valence-corrected chi connectivity index (χ4v) is 2.72. The minimum atomic E-state index is -0.132. The van der Waals surface area contributed by atoms with Crippen LogP contribution in [0.5, 0.6) is 5.75 Å². The summed E-state index contributed by atoms with van der Waals surface area (Å²) < 4.78 is 10.7. The van der Waals surface area contributed by atoms with Crippen LogP contribution in [0.3, 0.4) is 0 Å². The molecule has 0 aliphatic carbocycles. The van der Waals surface area contributed by atoms with Gasteiger partial charge in [0.05, 0.1) is 13.4 Å². The van der Waals surface area contributed by atoms with E-state index in [0.29, 0.717) is 11.7 Å². The zero-order valence-electron chi connectivity index (χ0n) is 13.9. The molecule has 0 amide bonds. The predicted octanol–water partition coefficient (Wildman–Crippen LogP) is 4.04. The maximum Gasteiger partial charge on any atom is 0.167 e. The van der Waals surface area contributed by atoms with Gasteiger partial charge in [0, 0.05) is 6.54 Å². The predicted molar refractivity (Wildman–Crippen MR) is 103 cm³/mol. The van der Waals surface area contributed by atoms with E-state index in [9.17, 15) is 0 Å². The first-order valence-corrected chi connectivity index (χ1v) is 8.43. The van der Waals surface area contributed by atoms with E-state index in [4.69, 9.17) is 21.4 Å². The molecular weight excluding hydrogens is 332 g/mol. The molecule has 4 nitrogen and oxygen atoms in total. The molecule has 1 atom stereocenters. The van der Waals surface area contributed by atoms with Crippen LogP contribution < -0.4 is 15.4 Å². The molecule has 0 unspecified atom stereocenters. The zero-order valence-corrected chi connectivity index (χ0v) is 14.8. The highest BCUT2D eigenvalue weighted by Gasteiger charge is 2.17. The summed E-state index contributed by atoms with van der Waals surface area (Å²) in [6.45, 7) is 0.634. The van der Waals surface area contributed by atoms with Gasteiger partial charge in [0.2, 0.25) is 0 Å². The number of benzene rings is 2. The first-order valence-electron chi connectivity index (χ1n) is 8.02. The van der Waals surface area contributed by atoms with Gasteiger partial charge in [-0.2, -0.15) is 0 Å². The SMILES string of the molecule is COc1ccc(CNC(=S)N[C@@H](c2ccccc2)c2ccco2)cc1. The van der Waals surface area contributed by atoms with E-state index in [1.165, 1.54) is 0 Å². The van der Waals surface area contributed by atoms with Crippen molar-refractivity contribution in [2.24, 2.45) is 0 Å². The fraction of sp³-hybridized carbons (Fsp3) is 0.150. The van der Waals surface area contributed by atoms with Crippen molar-refractivity contribution in [2.75, 3.05) is 7.11 Å². The molecule has 0 saturated heterocycles. The number of nitrogens with one attached hydrogen (secondary N) is 2. The summed E-state index contributed by atoms with van der Waals surface area (Å²) in [5.41, 5.74) is 2.21. The Labute approximate surface area is 152 Å². The van der Waals surface area contributed by atoms with Crippen molar-refractivity contribution in [2.45, 2.75) is 12.6 Å². The van der Waals surface area contributed by atoms with Gasteiger partial charge in [-0.1, -0.05) is 42.5 Å². The Hall–Kier alpha value is -2.79. The highest BCUT2D eigenvalue weighted by Crippen LogP contribution is 2.22. The Balaban J connectivity index is 1.64. The van der Waals surface area contributed by atoms with Crippen LogP contribution in [0, 0.1) is 0 Å². The lowest BCUT2D eigenvalue weighted by atomic mass is 10.1. The second kappa shape index (κ2) is 8.35. The van der Waals surface area contributed by atoms with Gasteiger partial charge in [-0.05, 0) is 47.6 Å². The van der Waals surface area contributed by atoms with Gasteiger partial charge in [0.25, 0.3) is 0 Å². The van der Waals surface area contributed by atoms with E-state index in [0.717, 1.165) is 22.6 Å². The smallest absolute Gasteiger partial charge is 0.167 e. The zero-order chi connectivity index (χ0) is 17.5. The van der Waals surface area contributed by atoms with Gasteiger partial charge >= 0.3 is 0 Å². The van der Waals surface area contributed by atoms with Gasteiger partial charge in [-0.3, -0.25) is 0 Å². The van der Waals surface area contributed by atoms with Crippen molar-refractivity contribution in [1.29, 1.82) is 0 Å². The number of thiocarbonyl (C=S) groups is 1. The average molecular weight is 352 g/mol. The van der Waals surface area contributed by atoms with Crippen LogP contribution in [0.2, 0.25) is 0 Å². The van der Waals surface area contributed by atoms with Gasteiger partial charge < -0.3 is 19.8 Å². The summed E-state index contributed by atoms with van der Waals surface area (Å²) in [6.07, 6.45) is 1.67. The van der Waals surface area contributed by atoms with Crippen molar-refractivity contribution in [3.8, 4) is 5.75 Å². The Kier molecular flexibility index (Phi) is 5.69. The van der Waals surface area contributed by atoms with Crippen molar-refractivity contribution < 1.29 is 9.15 Å². The third-order valence-corrected chi connectivity index (χ3v) is 4.11. The van der Waals surface area contributed by atoms with Crippen molar-refractivity contribution in [3.63, 3.8) is 0 Å². The molecule has 0 radical (unpaired) electrons. The Morgan fingerprint density at radius 2 is 1.80 bits per heavy atom. The third kappa shape index (κ3) is 4.61. The van der Waals surface area contributed by atoms with Gasteiger partial charge in [0.1, 0.15) is 17.6 Å². The Morgan fingerprint density at radius 1 is 1.04 bits per heavy atom. The van der Waals surface area contributed by atoms with Crippen LogP contribution in [-0.2, 0) is 6.54 Å². The number of furan rings is 1. The molecule has 2 N–H and O–H groups in total. The van der Waals surface area contributed by atoms with Gasteiger partial charge in [-0.25, -0.2) is 0 Å². The summed E-state index contributed by atoms with van der Waals surface area (Å²) in [7, 11) is 1.66. The minimum absolute atomic E-state index is 0.132. The first-order chi connectivity index (χ1) is 12.3. The second-order valence-electron chi connectivity index (χ2n) is 5.53. The van der Waals surface area contributed by atoms with Crippen LogP contribution in [0.4, 0.5) is 0 Å². The van der Waals surface area contributed by atoms with Crippen LogP contribution in [0.1, 0.15) is 22.9 Å². The van der Waals surface area contributed by atoms with Crippen molar-refractivity contribution >= 4 is 17.3 Å². The number of methoxy groups -OCH3 is 1. The lowest BCUT2D eigenvalue weighted by Gasteiger charge is -2.19. The maximum atomic E-state index is 5.58. The molecule has 5 heteroatoms.